The Morgan fingerprint density at radius 1 is 1.00 bits per heavy atom. The zero-order valence-corrected chi connectivity index (χ0v) is 16.5. The van der Waals surface area contributed by atoms with Gasteiger partial charge in [-0.3, -0.25) is 14.7 Å². The number of hydrogen-bond donors (Lipinski definition) is 1. The highest BCUT2D eigenvalue weighted by molar-refractivity contribution is 5.82. The summed E-state index contributed by atoms with van der Waals surface area (Å²) in [6, 6.07) is 0.00395. The second-order valence-electron chi connectivity index (χ2n) is 7.27. The molecule has 0 aromatic carbocycles. The van der Waals surface area contributed by atoms with Crippen LogP contribution >= 0.6 is 0 Å². The highest BCUT2D eigenvalue weighted by Crippen LogP contribution is 2.14. The monoisotopic (exact) mass is 351 g/mol. The van der Waals surface area contributed by atoms with Crippen molar-refractivity contribution in [1.29, 1.82) is 0 Å². The molecule has 2 aliphatic rings. The van der Waals surface area contributed by atoms with E-state index in [-0.39, 0.29) is 6.04 Å². The molecule has 6 heteroatoms. The molecule has 2 rings (SSSR count). The van der Waals surface area contributed by atoms with Crippen LogP contribution in [0.1, 0.15) is 52.4 Å². The Morgan fingerprint density at radius 3 is 2.28 bits per heavy atom. The fourth-order valence-electron chi connectivity index (χ4n) is 3.76. The van der Waals surface area contributed by atoms with Crippen molar-refractivity contribution in [2.45, 2.75) is 58.4 Å². The van der Waals surface area contributed by atoms with Crippen LogP contribution < -0.4 is 5.32 Å². The van der Waals surface area contributed by atoms with Crippen molar-refractivity contribution < 1.29 is 4.79 Å². The molecule has 0 aliphatic carbocycles. The van der Waals surface area contributed by atoms with Gasteiger partial charge in [-0.05, 0) is 26.2 Å². The second-order valence-corrected chi connectivity index (χ2v) is 7.27. The lowest BCUT2D eigenvalue weighted by molar-refractivity contribution is -0.135. The lowest BCUT2D eigenvalue weighted by Crippen LogP contribution is -2.57. The number of piperazine rings is 1. The van der Waals surface area contributed by atoms with Crippen molar-refractivity contribution in [3.8, 4) is 0 Å². The normalized spacial score (nSPS) is 20.8. The molecular weight excluding hydrogens is 314 g/mol. The van der Waals surface area contributed by atoms with E-state index in [2.05, 4.69) is 34.0 Å². The van der Waals surface area contributed by atoms with Gasteiger partial charge in [0.05, 0.1) is 6.04 Å². The number of rotatable bonds is 7. The Hall–Kier alpha value is -1.30. The number of carbonyl (C=O) groups excluding carboxylic acids is 1. The topological polar surface area (TPSA) is 51.2 Å². The maximum atomic E-state index is 12.6. The Labute approximate surface area is 153 Å². The molecule has 6 nitrogen and oxygen atoms in total. The molecule has 0 radical (unpaired) electrons. The number of nitrogens with zero attached hydrogens (tertiary/aromatic N) is 4. The summed E-state index contributed by atoms with van der Waals surface area (Å²) in [4.78, 5) is 23.7. The summed E-state index contributed by atoms with van der Waals surface area (Å²) in [5.74, 6) is 1.32. The van der Waals surface area contributed by atoms with E-state index in [1.807, 2.05) is 11.9 Å². The van der Waals surface area contributed by atoms with Crippen molar-refractivity contribution in [3.05, 3.63) is 0 Å². The molecule has 0 saturated carbocycles. The van der Waals surface area contributed by atoms with Crippen LogP contribution in [0.4, 0.5) is 0 Å². The van der Waals surface area contributed by atoms with Gasteiger partial charge in [-0.1, -0.05) is 26.2 Å². The maximum Gasteiger partial charge on any atom is 0.239 e. The van der Waals surface area contributed by atoms with Crippen LogP contribution in [-0.2, 0) is 4.79 Å². The average Bonchev–Trinajstić information content (AvgIpc) is 3.18. The predicted molar refractivity (Wildman–Crippen MR) is 104 cm³/mol. The fraction of sp³-hybridized carbons (Fsp3) is 0.895. The van der Waals surface area contributed by atoms with Gasteiger partial charge < -0.3 is 15.1 Å². The smallest absolute Gasteiger partial charge is 0.239 e. The van der Waals surface area contributed by atoms with Crippen molar-refractivity contribution in [1.82, 2.24) is 20.0 Å². The quantitative estimate of drug-likeness (QED) is 0.431. The summed E-state index contributed by atoms with van der Waals surface area (Å²) in [5.41, 5.74) is 0. The molecule has 2 heterocycles. The van der Waals surface area contributed by atoms with Crippen LogP contribution in [0, 0.1) is 0 Å². The summed E-state index contributed by atoms with van der Waals surface area (Å²) in [7, 11) is 1.86. The Bertz CT molecular complexity index is 426. The number of amides is 1. The molecule has 0 spiro atoms. The Balaban J connectivity index is 1.72. The zero-order valence-electron chi connectivity index (χ0n) is 16.5. The summed E-state index contributed by atoms with van der Waals surface area (Å²) < 4.78 is 0. The van der Waals surface area contributed by atoms with Crippen molar-refractivity contribution in [3.63, 3.8) is 0 Å². The maximum absolute atomic E-state index is 12.6. The zero-order chi connectivity index (χ0) is 18.1. The van der Waals surface area contributed by atoms with Crippen LogP contribution in [0.25, 0.3) is 0 Å². The minimum atomic E-state index is 0.00395. The molecule has 1 N–H and O–H groups in total. The number of hydrogen-bond acceptors (Lipinski definition) is 3. The summed E-state index contributed by atoms with van der Waals surface area (Å²) in [6.07, 6.45) is 7.38. The van der Waals surface area contributed by atoms with E-state index >= 15 is 0 Å². The van der Waals surface area contributed by atoms with E-state index in [0.717, 1.165) is 64.6 Å². The van der Waals surface area contributed by atoms with Crippen LogP contribution in [0.5, 0.6) is 0 Å². The van der Waals surface area contributed by atoms with Crippen LogP contribution in [0.15, 0.2) is 4.99 Å². The predicted octanol–water partition coefficient (Wildman–Crippen LogP) is 1.77. The van der Waals surface area contributed by atoms with Crippen molar-refractivity contribution in [2.24, 2.45) is 4.99 Å². The second kappa shape index (κ2) is 10.6. The number of likely N-dealkylation sites (tertiary alicyclic amines) is 1. The first-order chi connectivity index (χ1) is 12.2. The standard InChI is InChI=1S/C19H37N5O/c1-4-5-6-7-10-21-19(20-3)24-15-13-22(14-16-24)17(2)18(25)23-11-8-9-12-23/h17H,4-16H2,1-3H3,(H,20,21). The van der Waals surface area contributed by atoms with E-state index in [0.29, 0.717) is 5.91 Å². The van der Waals surface area contributed by atoms with E-state index in [9.17, 15) is 4.79 Å². The third-order valence-corrected chi connectivity index (χ3v) is 5.46. The molecule has 1 amide bonds. The average molecular weight is 352 g/mol. The van der Waals surface area contributed by atoms with Crippen LogP contribution in [0.3, 0.4) is 0 Å². The van der Waals surface area contributed by atoms with Gasteiger partial charge in [-0.25, -0.2) is 0 Å². The number of unbranched alkanes of at least 4 members (excludes halogenated alkanes) is 3. The molecule has 2 fully saturated rings. The number of carbonyl (C=O) groups is 1. The summed E-state index contributed by atoms with van der Waals surface area (Å²) >= 11 is 0. The molecule has 0 bridgehead atoms. The molecule has 0 aromatic heterocycles. The summed E-state index contributed by atoms with van der Waals surface area (Å²) in [5, 5.41) is 3.49. The minimum Gasteiger partial charge on any atom is -0.356 e. The van der Waals surface area contributed by atoms with Crippen molar-refractivity contribution in [2.75, 3.05) is 52.9 Å². The van der Waals surface area contributed by atoms with Gasteiger partial charge in [0.2, 0.25) is 5.91 Å². The third kappa shape index (κ3) is 5.87. The first-order valence-electron chi connectivity index (χ1n) is 10.2. The third-order valence-electron chi connectivity index (χ3n) is 5.46. The molecule has 0 aromatic rings. The van der Waals surface area contributed by atoms with E-state index in [4.69, 9.17) is 0 Å². The van der Waals surface area contributed by atoms with Crippen LogP contribution in [0.2, 0.25) is 0 Å². The van der Waals surface area contributed by atoms with Gasteiger partial charge in [0.1, 0.15) is 0 Å². The lowest BCUT2D eigenvalue weighted by atomic mass is 10.2. The molecule has 1 atom stereocenters. The van der Waals surface area contributed by atoms with E-state index in [1.165, 1.54) is 25.7 Å². The first-order valence-corrected chi connectivity index (χ1v) is 10.2. The SMILES string of the molecule is CCCCCCNC(=NC)N1CCN(C(C)C(=O)N2CCCC2)CC1. The van der Waals surface area contributed by atoms with Gasteiger partial charge in [0.15, 0.2) is 5.96 Å². The van der Waals surface area contributed by atoms with E-state index in [1.54, 1.807) is 0 Å². The van der Waals surface area contributed by atoms with Crippen LogP contribution in [-0.4, -0.2) is 85.5 Å². The molecule has 2 aliphatic heterocycles. The van der Waals surface area contributed by atoms with Gasteiger partial charge in [-0.15, -0.1) is 0 Å². The molecule has 2 saturated heterocycles. The number of nitrogens with one attached hydrogen (secondary N) is 1. The molecule has 144 valence electrons. The highest BCUT2D eigenvalue weighted by atomic mass is 16.2. The van der Waals surface area contributed by atoms with E-state index < -0.39 is 0 Å². The number of aliphatic imine (C=N–C) groups is 1. The van der Waals surface area contributed by atoms with Gasteiger partial charge >= 0.3 is 0 Å². The molecule has 25 heavy (non-hydrogen) atoms. The van der Waals surface area contributed by atoms with Gasteiger partial charge in [0, 0.05) is 52.9 Å². The molecular formula is C19H37N5O. The first kappa shape index (κ1) is 20.0. The van der Waals surface area contributed by atoms with Gasteiger partial charge in [0.25, 0.3) is 0 Å². The van der Waals surface area contributed by atoms with Crippen molar-refractivity contribution >= 4 is 11.9 Å². The Kier molecular flexibility index (Phi) is 8.52. The Morgan fingerprint density at radius 2 is 1.68 bits per heavy atom. The highest BCUT2D eigenvalue weighted by Gasteiger charge is 2.30. The number of guanidine groups is 1. The molecule has 1 unspecified atom stereocenters. The summed E-state index contributed by atoms with van der Waals surface area (Å²) in [6.45, 7) is 10.9. The van der Waals surface area contributed by atoms with Gasteiger partial charge in [-0.2, -0.15) is 0 Å². The fourth-order valence-corrected chi connectivity index (χ4v) is 3.76. The minimum absolute atomic E-state index is 0.00395. The largest absolute Gasteiger partial charge is 0.356 e. The lowest BCUT2D eigenvalue weighted by Gasteiger charge is -2.39.